The first-order chi connectivity index (χ1) is 11.8. The van der Waals surface area contributed by atoms with E-state index in [4.69, 9.17) is 14.2 Å². The van der Waals surface area contributed by atoms with Crippen LogP contribution in [0.25, 0.3) is 0 Å². The fourth-order valence-electron chi connectivity index (χ4n) is 3.06. The molecule has 7 heteroatoms. The van der Waals surface area contributed by atoms with Crippen LogP contribution >= 0.6 is 0 Å². The van der Waals surface area contributed by atoms with Gasteiger partial charge in [0.15, 0.2) is 12.4 Å². The topological polar surface area (TPSA) is 94.1 Å². The molecule has 136 valence electrons. The minimum absolute atomic E-state index is 0.0679. The first kappa shape index (κ1) is 17.5. The zero-order chi connectivity index (χ0) is 18.0. The summed E-state index contributed by atoms with van der Waals surface area (Å²) >= 11 is 0. The second kappa shape index (κ2) is 6.92. The molecular weight excluding hydrogens is 326 g/mol. The van der Waals surface area contributed by atoms with E-state index in [0.717, 1.165) is 19.4 Å². The largest absolute Gasteiger partial charge is 0.507 e. The molecular formula is C18H23NO6. The van der Waals surface area contributed by atoms with Crippen molar-refractivity contribution in [2.45, 2.75) is 44.8 Å². The van der Waals surface area contributed by atoms with E-state index in [2.05, 4.69) is 5.32 Å². The van der Waals surface area contributed by atoms with Crippen LogP contribution in [0.2, 0.25) is 0 Å². The van der Waals surface area contributed by atoms with Gasteiger partial charge in [0.1, 0.15) is 28.4 Å². The number of ketones is 1. The molecule has 3 rings (SSSR count). The average molecular weight is 349 g/mol. The van der Waals surface area contributed by atoms with Crippen molar-refractivity contribution < 1.29 is 28.9 Å². The third-order valence-corrected chi connectivity index (χ3v) is 4.23. The predicted octanol–water partition coefficient (Wildman–Crippen LogP) is 1.81. The Kier molecular flexibility index (Phi) is 4.85. The van der Waals surface area contributed by atoms with E-state index in [-0.39, 0.29) is 53.6 Å². The molecule has 7 nitrogen and oxygen atoms in total. The molecule has 0 saturated carbocycles. The number of aromatic hydroxyl groups is 1. The Morgan fingerprint density at radius 2 is 2.24 bits per heavy atom. The molecule has 0 bridgehead atoms. The number of nitrogens with one attached hydrogen (secondary N) is 1. The molecule has 0 aliphatic carbocycles. The molecule has 0 aromatic heterocycles. The number of rotatable bonds is 5. The summed E-state index contributed by atoms with van der Waals surface area (Å²) in [4.78, 5) is 24.0. The van der Waals surface area contributed by atoms with Gasteiger partial charge in [-0.05, 0) is 26.7 Å². The number of fused-ring (bicyclic) bond motifs is 1. The highest BCUT2D eigenvalue weighted by Gasteiger charge is 2.35. The van der Waals surface area contributed by atoms with Gasteiger partial charge < -0.3 is 24.6 Å². The van der Waals surface area contributed by atoms with Gasteiger partial charge >= 0.3 is 0 Å². The van der Waals surface area contributed by atoms with Crippen LogP contribution in [-0.4, -0.2) is 48.3 Å². The van der Waals surface area contributed by atoms with Crippen molar-refractivity contribution in [1.29, 1.82) is 0 Å². The molecule has 2 N–H and O–H groups in total. The zero-order valence-corrected chi connectivity index (χ0v) is 14.5. The number of carbonyl (C=O) groups excluding carboxylic acids is 2. The van der Waals surface area contributed by atoms with Crippen LogP contribution in [0.15, 0.2) is 12.1 Å². The van der Waals surface area contributed by atoms with E-state index in [1.165, 1.54) is 12.1 Å². The molecule has 1 saturated heterocycles. The van der Waals surface area contributed by atoms with Gasteiger partial charge in [-0.1, -0.05) is 0 Å². The van der Waals surface area contributed by atoms with Crippen LogP contribution in [0.3, 0.4) is 0 Å². The highest BCUT2D eigenvalue weighted by atomic mass is 16.5. The Balaban J connectivity index is 1.60. The molecule has 1 atom stereocenters. The van der Waals surface area contributed by atoms with Gasteiger partial charge in [0.2, 0.25) is 0 Å². The van der Waals surface area contributed by atoms with E-state index in [1.807, 2.05) is 0 Å². The molecule has 1 aromatic rings. The Morgan fingerprint density at radius 3 is 2.96 bits per heavy atom. The Bertz CT molecular complexity index is 678. The molecule has 2 aliphatic rings. The smallest absolute Gasteiger partial charge is 0.258 e. The molecule has 1 aromatic carbocycles. The first-order valence-electron chi connectivity index (χ1n) is 8.44. The molecule has 1 fully saturated rings. The fraction of sp³-hybridized carbons (Fsp3) is 0.556. The number of ether oxygens (including phenoxy) is 3. The van der Waals surface area contributed by atoms with Crippen molar-refractivity contribution in [3.05, 3.63) is 17.7 Å². The standard InChI is InChI=1S/C18H23NO6/c1-18(2)8-14(21)17-13(20)6-12(7-15(17)25-18)24-10-16(22)19-9-11-4-3-5-23-11/h6-7,11,20H,3-5,8-10H2,1-2H3,(H,19,22)/t11-/m0/s1. The number of hydrogen-bond donors (Lipinski definition) is 2. The summed E-state index contributed by atoms with van der Waals surface area (Å²) in [6.45, 7) is 4.61. The molecule has 2 aliphatic heterocycles. The van der Waals surface area contributed by atoms with E-state index in [0.29, 0.717) is 6.54 Å². The summed E-state index contributed by atoms with van der Waals surface area (Å²) in [6.07, 6.45) is 2.22. The van der Waals surface area contributed by atoms with Gasteiger partial charge in [-0.2, -0.15) is 0 Å². The Morgan fingerprint density at radius 1 is 1.44 bits per heavy atom. The third kappa shape index (κ3) is 4.22. The maximum Gasteiger partial charge on any atom is 0.258 e. The average Bonchev–Trinajstić information content (AvgIpc) is 3.02. The number of Topliss-reactive ketones (excluding diaryl/α,β-unsaturated/α-hetero) is 1. The van der Waals surface area contributed by atoms with Crippen LogP contribution < -0.4 is 14.8 Å². The van der Waals surface area contributed by atoms with E-state index >= 15 is 0 Å². The summed E-state index contributed by atoms with van der Waals surface area (Å²) in [6, 6.07) is 2.85. The van der Waals surface area contributed by atoms with E-state index in [1.54, 1.807) is 13.8 Å². The van der Waals surface area contributed by atoms with E-state index in [9.17, 15) is 14.7 Å². The van der Waals surface area contributed by atoms with Crippen LogP contribution in [-0.2, 0) is 9.53 Å². The lowest BCUT2D eigenvalue weighted by Gasteiger charge is -2.32. The summed E-state index contributed by atoms with van der Waals surface area (Å²) in [5, 5.41) is 12.8. The Hall–Kier alpha value is -2.28. The maximum absolute atomic E-state index is 12.2. The summed E-state index contributed by atoms with van der Waals surface area (Å²) < 4.78 is 16.6. The second-order valence-electron chi connectivity index (χ2n) is 7.01. The Labute approximate surface area is 146 Å². The van der Waals surface area contributed by atoms with Crippen molar-refractivity contribution in [1.82, 2.24) is 5.32 Å². The maximum atomic E-state index is 12.2. The number of phenolic OH excluding ortho intramolecular Hbond substituents is 1. The molecule has 0 radical (unpaired) electrons. The predicted molar refractivity (Wildman–Crippen MR) is 89.2 cm³/mol. The van der Waals surface area contributed by atoms with Crippen molar-refractivity contribution in [2.24, 2.45) is 0 Å². The number of phenols is 1. The van der Waals surface area contributed by atoms with E-state index < -0.39 is 5.60 Å². The van der Waals surface area contributed by atoms with Crippen LogP contribution in [0.4, 0.5) is 0 Å². The lowest BCUT2D eigenvalue weighted by Crippen LogP contribution is -2.36. The van der Waals surface area contributed by atoms with Crippen LogP contribution in [0.5, 0.6) is 17.2 Å². The molecule has 0 spiro atoms. The molecule has 0 unspecified atom stereocenters. The SMILES string of the molecule is CC1(C)CC(=O)c2c(O)cc(OCC(=O)NC[C@@H]3CCCO3)cc2O1. The minimum atomic E-state index is -0.645. The lowest BCUT2D eigenvalue weighted by molar-refractivity contribution is -0.123. The molecule has 1 amide bonds. The van der Waals surface area contributed by atoms with Gasteiger partial charge in [-0.25, -0.2) is 0 Å². The van der Waals surface area contributed by atoms with Gasteiger partial charge in [0, 0.05) is 25.3 Å². The first-order valence-corrected chi connectivity index (χ1v) is 8.44. The van der Waals surface area contributed by atoms with Gasteiger partial charge in [-0.3, -0.25) is 9.59 Å². The van der Waals surface area contributed by atoms with Crippen molar-refractivity contribution in [2.75, 3.05) is 19.8 Å². The summed E-state index contributed by atoms with van der Waals surface area (Å²) in [5.74, 6) is -0.104. The van der Waals surface area contributed by atoms with Crippen molar-refractivity contribution in [3.63, 3.8) is 0 Å². The fourth-order valence-corrected chi connectivity index (χ4v) is 3.06. The highest BCUT2D eigenvalue weighted by molar-refractivity contribution is 6.03. The molecule has 25 heavy (non-hydrogen) atoms. The van der Waals surface area contributed by atoms with Gasteiger partial charge in [-0.15, -0.1) is 0 Å². The van der Waals surface area contributed by atoms with Crippen LogP contribution in [0.1, 0.15) is 43.5 Å². The summed E-state index contributed by atoms with van der Waals surface area (Å²) in [7, 11) is 0. The second-order valence-corrected chi connectivity index (χ2v) is 7.01. The van der Waals surface area contributed by atoms with Crippen molar-refractivity contribution in [3.8, 4) is 17.2 Å². The highest BCUT2D eigenvalue weighted by Crippen LogP contribution is 2.40. The van der Waals surface area contributed by atoms with Gasteiger partial charge in [0.25, 0.3) is 5.91 Å². The number of hydrogen-bond acceptors (Lipinski definition) is 6. The normalized spacial score (nSPS) is 21.4. The molecule has 2 heterocycles. The van der Waals surface area contributed by atoms with Gasteiger partial charge in [0.05, 0.1) is 12.5 Å². The van der Waals surface area contributed by atoms with Crippen LogP contribution in [0, 0.1) is 0 Å². The zero-order valence-electron chi connectivity index (χ0n) is 14.5. The quantitative estimate of drug-likeness (QED) is 0.842. The third-order valence-electron chi connectivity index (χ3n) is 4.23. The number of amides is 1. The lowest BCUT2D eigenvalue weighted by atomic mass is 9.92. The number of carbonyl (C=O) groups is 2. The number of benzene rings is 1. The van der Waals surface area contributed by atoms with Crippen molar-refractivity contribution >= 4 is 11.7 Å². The summed E-state index contributed by atoms with van der Waals surface area (Å²) in [5.41, 5.74) is -0.483. The minimum Gasteiger partial charge on any atom is -0.507 e. The monoisotopic (exact) mass is 349 g/mol.